The number of piperazine rings is 1. The number of hydrogen-bond donors (Lipinski definition) is 1. The molecule has 0 unspecified atom stereocenters. The van der Waals surface area contributed by atoms with Gasteiger partial charge >= 0.3 is 0 Å². The maximum Gasteiger partial charge on any atom is 0.253 e. The van der Waals surface area contributed by atoms with Gasteiger partial charge in [0.05, 0.1) is 6.54 Å². The minimum atomic E-state index is -0.00619. The van der Waals surface area contributed by atoms with E-state index in [2.05, 4.69) is 39.7 Å². The van der Waals surface area contributed by atoms with Crippen molar-refractivity contribution < 1.29 is 9.59 Å². The number of amides is 2. The van der Waals surface area contributed by atoms with Crippen LogP contribution in [0.15, 0.2) is 48.5 Å². The number of benzene rings is 2. The van der Waals surface area contributed by atoms with Gasteiger partial charge in [0, 0.05) is 41.0 Å². The standard InChI is InChI=1S/C21H24IN3O2/c1-2-16-5-3-4-6-19(16)23-20(26)15-24-11-13-25(14-12-24)21(27)17-7-9-18(22)10-8-17/h3-10H,2,11-15H2,1H3,(H,23,26). The molecule has 0 aromatic heterocycles. The van der Waals surface area contributed by atoms with E-state index in [0.717, 1.165) is 26.8 Å². The average molecular weight is 477 g/mol. The zero-order valence-corrected chi connectivity index (χ0v) is 17.6. The van der Waals surface area contributed by atoms with E-state index in [1.165, 1.54) is 0 Å². The van der Waals surface area contributed by atoms with Gasteiger partial charge in [-0.3, -0.25) is 14.5 Å². The van der Waals surface area contributed by atoms with Crippen molar-refractivity contribution in [1.82, 2.24) is 9.80 Å². The van der Waals surface area contributed by atoms with E-state index >= 15 is 0 Å². The fourth-order valence-electron chi connectivity index (χ4n) is 3.23. The molecule has 1 aliphatic heterocycles. The fraction of sp³-hybridized carbons (Fsp3) is 0.333. The molecule has 142 valence electrons. The van der Waals surface area contributed by atoms with Crippen LogP contribution in [-0.2, 0) is 11.2 Å². The van der Waals surface area contributed by atoms with Crippen LogP contribution < -0.4 is 5.32 Å². The van der Waals surface area contributed by atoms with E-state index in [1.807, 2.05) is 53.4 Å². The third-order valence-electron chi connectivity index (χ3n) is 4.79. The summed E-state index contributed by atoms with van der Waals surface area (Å²) in [5.41, 5.74) is 2.74. The van der Waals surface area contributed by atoms with Gasteiger partial charge in [-0.25, -0.2) is 0 Å². The molecule has 0 bridgehead atoms. The van der Waals surface area contributed by atoms with Gasteiger partial charge in [0.1, 0.15) is 0 Å². The molecule has 1 saturated heterocycles. The molecule has 2 amide bonds. The molecule has 1 heterocycles. The van der Waals surface area contributed by atoms with Gasteiger partial charge in [0.25, 0.3) is 5.91 Å². The summed E-state index contributed by atoms with van der Waals surface area (Å²) in [6.45, 7) is 5.13. The maximum absolute atomic E-state index is 12.6. The van der Waals surface area contributed by atoms with Crippen molar-refractivity contribution in [1.29, 1.82) is 0 Å². The lowest BCUT2D eigenvalue weighted by molar-refractivity contribution is -0.117. The second-order valence-corrected chi connectivity index (χ2v) is 7.88. The van der Waals surface area contributed by atoms with Crippen molar-refractivity contribution in [2.24, 2.45) is 0 Å². The molecule has 0 spiro atoms. The van der Waals surface area contributed by atoms with Crippen LogP contribution in [0.25, 0.3) is 0 Å². The number of halogens is 1. The second kappa shape index (κ2) is 9.32. The SMILES string of the molecule is CCc1ccccc1NC(=O)CN1CCN(C(=O)c2ccc(I)cc2)CC1. The topological polar surface area (TPSA) is 52.7 Å². The molecular formula is C21H24IN3O2. The summed E-state index contributed by atoms with van der Waals surface area (Å²) in [4.78, 5) is 28.9. The van der Waals surface area contributed by atoms with Crippen LogP contribution in [0.1, 0.15) is 22.8 Å². The second-order valence-electron chi connectivity index (χ2n) is 6.63. The summed E-state index contributed by atoms with van der Waals surface area (Å²) in [5, 5.41) is 3.01. The molecule has 1 aliphatic rings. The van der Waals surface area contributed by atoms with Crippen LogP contribution in [0.4, 0.5) is 5.69 Å². The summed E-state index contributed by atoms with van der Waals surface area (Å²) in [6.07, 6.45) is 0.885. The quantitative estimate of drug-likeness (QED) is 0.673. The van der Waals surface area contributed by atoms with Crippen molar-refractivity contribution in [3.05, 3.63) is 63.2 Å². The van der Waals surface area contributed by atoms with Gasteiger partial charge in [0.2, 0.25) is 5.91 Å². The Bertz CT molecular complexity index is 799. The first-order chi connectivity index (χ1) is 13.1. The Labute approximate surface area is 173 Å². The summed E-state index contributed by atoms with van der Waals surface area (Å²) in [6, 6.07) is 15.5. The van der Waals surface area contributed by atoms with Crippen LogP contribution in [0.3, 0.4) is 0 Å². The number of anilines is 1. The molecule has 27 heavy (non-hydrogen) atoms. The van der Waals surface area contributed by atoms with Gasteiger partial charge in [-0.15, -0.1) is 0 Å². The molecule has 0 atom stereocenters. The Morgan fingerprint density at radius 3 is 2.33 bits per heavy atom. The fourth-order valence-corrected chi connectivity index (χ4v) is 3.59. The highest BCUT2D eigenvalue weighted by atomic mass is 127. The third kappa shape index (κ3) is 5.29. The van der Waals surface area contributed by atoms with Crippen LogP contribution >= 0.6 is 22.6 Å². The van der Waals surface area contributed by atoms with Crippen LogP contribution in [-0.4, -0.2) is 54.3 Å². The minimum absolute atomic E-state index is 0.00619. The van der Waals surface area contributed by atoms with Gasteiger partial charge in [-0.1, -0.05) is 25.1 Å². The molecule has 0 radical (unpaired) electrons. The Morgan fingerprint density at radius 2 is 1.67 bits per heavy atom. The van der Waals surface area contributed by atoms with Crippen LogP contribution in [0.5, 0.6) is 0 Å². The van der Waals surface area contributed by atoms with Crippen molar-refractivity contribution in [2.75, 3.05) is 38.0 Å². The number of nitrogens with zero attached hydrogens (tertiary/aromatic N) is 2. The summed E-state index contributed by atoms with van der Waals surface area (Å²) >= 11 is 2.23. The first kappa shape index (κ1) is 19.8. The Kier molecular flexibility index (Phi) is 6.84. The highest BCUT2D eigenvalue weighted by Crippen LogP contribution is 2.16. The van der Waals surface area contributed by atoms with Gasteiger partial charge in [-0.05, 0) is 64.9 Å². The molecule has 0 aliphatic carbocycles. The molecule has 2 aromatic carbocycles. The van der Waals surface area contributed by atoms with Crippen molar-refractivity contribution >= 4 is 40.1 Å². The van der Waals surface area contributed by atoms with E-state index in [9.17, 15) is 9.59 Å². The zero-order valence-electron chi connectivity index (χ0n) is 15.5. The first-order valence-corrected chi connectivity index (χ1v) is 10.3. The predicted octanol–water partition coefficient (Wildman–Crippen LogP) is 3.25. The van der Waals surface area contributed by atoms with E-state index in [-0.39, 0.29) is 11.8 Å². The number of carbonyl (C=O) groups excluding carboxylic acids is 2. The monoisotopic (exact) mass is 477 g/mol. The van der Waals surface area contributed by atoms with E-state index < -0.39 is 0 Å². The lowest BCUT2D eigenvalue weighted by Crippen LogP contribution is -2.50. The Morgan fingerprint density at radius 1 is 1.00 bits per heavy atom. The third-order valence-corrected chi connectivity index (χ3v) is 5.51. The predicted molar refractivity (Wildman–Crippen MR) is 116 cm³/mol. The van der Waals surface area contributed by atoms with Crippen molar-refractivity contribution in [2.45, 2.75) is 13.3 Å². The zero-order chi connectivity index (χ0) is 19.2. The Hall–Kier alpha value is -1.93. The maximum atomic E-state index is 12.6. The highest BCUT2D eigenvalue weighted by Gasteiger charge is 2.23. The lowest BCUT2D eigenvalue weighted by atomic mass is 10.1. The van der Waals surface area contributed by atoms with E-state index in [1.54, 1.807) is 0 Å². The molecule has 3 rings (SSSR count). The summed E-state index contributed by atoms with van der Waals surface area (Å²) in [7, 11) is 0. The number of nitrogens with one attached hydrogen (secondary N) is 1. The number of aryl methyl sites for hydroxylation is 1. The molecule has 1 fully saturated rings. The molecule has 1 N–H and O–H groups in total. The van der Waals surface area contributed by atoms with Crippen LogP contribution in [0, 0.1) is 3.57 Å². The molecule has 5 nitrogen and oxygen atoms in total. The van der Waals surface area contributed by atoms with Gasteiger partial charge < -0.3 is 10.2 Å². The normalized spacial score (nSPS) is 14.8. The number of rotatable bonds is 5. The summed E-state index contributed by atoms with van der Waals surface area (Å²) in [5.74, 6) is 0.0562. The Balaban J connectivity index is 1.49. The first-order valence-electron chi connectivity index (χ1n) is 9.21. The molecule has 2 aromatic rings. The van der Waals surface area contributed by atoms with Gasteiger partial charge in [-0.2, -0.15) is 0 Å². The highest BCUT2D eigenvalue weighted by molar-refractivity contribution is 14.1. The molecule has 6 heteroatoms. The number of hydrogen-bond acceptors (Lipinski definition) is 3. The van der Waals surface area contributed by atoms with Crippen molar-refractivity contribution in [3.8, 4) is 0 Å². The lowest BCUT2D eigenvalue weighted by Gasteiger charge is -2.34. The molecule has 0 saturated carbocycles. The van der Waals surface area contributed by atoms with E-state index in [0.29, 0.717) is 32.7 Å². The number of carbonyl (C=O) groups is 2. The summed E-state index contributed by atoms with van der Waals surface area (Å²) < 4.78 is 1.12. The number of para-hydroxylation sites is 1. The smallest absolute Gasteiger partial charge is 0.253 e. The molecular weight excluding hydrogens is 453 g/mol. The largest absolute Gasteiger partial charge is 0.336 e. The minimum Gasteiger partial charge on any atom is -0.336 e. The van der Waals surface area contributed by atoms with Crippen LogP contribution in [0.2, 0.25) is 0 Å². The van der Waals surface area contributed by atoms with E-state index in [4.69, 9.17) is 0 Å². The average Bonchev–Trinajstić information content (AvgIpc) is 2.69. The van der Waals surface area contributed by atoms with Gasteiger partial charge in [0.15, 0.2) is 0 Å². The van der Waals surface area contributed by atoms with Crippen molar-refractivity contribution in [3.63, 3.8) is 0 Å².